The fraction of sp³-hybridized carbons (Fsp3) is 0.435. The predicted octanol–water partition coefficient (Wildman–Crippen LogP) is 6.05. The first kappa shape index (κ1) is 17.9. The maximum absolute atomic E-state index is 4.58. The van der Waals surface area contributed by atoms with E-state index in [2.05, 4.69) is 35.0 Å². The van der Waals surface area contributed by atoms with E-state index in [0.717, 1.165) is 11.0 Å². The van der Waals surface area contributed by atoms with Crippen molar-refractivity contribution in [2.24, 2.45) is 0 Å². The molecule has 2 nitrogen and oxygen atoms in total. The Bertz CT molecular complexity index is 670. The number of para-hydroxylation sites is 2. The average molecular weight is 335 g/mol. The number of hydrogen-bond donors (Lipinski definition) is 0. The molecule has 0 bridgehead atoms. The number of hydrogen-bond acceptors (Lipinski definition) is 2. The van der Waals surface area contributed by atoms with Gasteiger partial charge in [-0.05, 0) is 57.1 Å². The van der Waals surface area contributed by atoms with Crippen molar-refractivity contribution in [2.75, 3.05) is 19.6 Å². The molecule has 1 aromatic heterocycles. The third kappa shape index (κ3) is 5.27. The number of rotatable bonds is 4. The fourth-order valence-electron chi connectivity index (χ4n) is 3.49. The molecule has 4 rings (SSSR count). The maximum Gasteiger partial charge on any atom is 0.0709 e. The Morgan fingerprint density at radius 2 is 1.40 bits per heavy atom. The molecule has 0 N–H and O–H groups in total. The number of piperidine rings is 1. The quantitative estimate of drug-likeness (QED) is 0.426. The van der Waals surface area contributed by atoms with Gasteiger partial charge in [-0.1, -0.05) is 62.6 Å². The van der Waals surface area contributed by atoms with Crippen molar-refractivity contribution >= 4 is 21.8 Å². The SMILES string of the molecule is CCCCCN1CCCCC1.c1ccc2nc3ccccc3cc2c1. The lowest BCUT2D eigenvalue weighted by atomic mass is 10.1. The standard InChI is InChI=1S/C13H9N.C10H21N/c1-3-7-12-10(5-1)9-11-6-2-4-8-13(11)14-12;1-2-3-5-8-11-9-6-4-7-10-11/h1-9H;2-10H2,1H3. The number of pyridine rings is 1. The Kier molecular flexibility index (Phi) is 6.81. The molecule has 0 unspecified atom stereocenters. The van der Waals surface area contributed by atoms with Crippen molar-refractivity contribution in [2.45, 2.75) is 45.4 Å². The topological polar surface area (TPSA) is 16.1 Å². The van der Waals surface area contributed by atoms with Gasteiger partial charge in [-0.15, -0.1) is 0 Å². The van der Waals surface area contributed by atoms with E-state index in [1.165, 1.54) is 68.9 Å². The van der Waals surface area contributed by atoms with Crippen molar-refractivity contribution < 1.29 is 0 Å². The normalized spacial score (nSPS) is 15.1. The van der Waals surface area contributed by atoms with Crippen molar-refractivity contribution in [3.8, 4) is 0 Å². The Morgan fingerprint density at radius 3 is 2.00 bits per heavy atom. The van der Waals surface area contributed by atoms with Crippen LogP contribution in [-0.2, 0) is 0 Å². The predicted molar refractivity (Wildman–Crippen MR) is 109 cm³/mol. The highest BCUT2D eigenvalue weighted by Crippen LogP contribution is 2.18. The highest BCUT2D eigenvalue weighted by Gasteiger charge is 2.08. The van der Waals surface area contributed by atoms with E-state index in [9.17, 15) is 0 Å². The Balaban J connectivity index is 0.000000151. The molecule has 0 spiro atoms. The first-order valence-corrected chi connectivity index (χ1v) is 9.84. The summed E-state index contributed by atoms with van der Waals surface area (Å²) in [5, 5.41) is 2.40. The van der Waals surface area contributed by atoms with Gasteiger partial charge in [-0.2, -0.15) is 0 Å². The number of fused-ring (bicyclic) bond motifs is 2. The van der Waals surface area contributed by atoms with E-state index in [1.54, 1.807) is 0 Å². The molecule has 0 amide bonds. The molecule has 0 aliphatic carbocycles. The summed E-state index contributed by atoms with van der Waals surface area (Å²) in [5.74, 6) is 0. The third-order valence-corrected chi connectivity index (χ3v) is 4.95. The van der Waals surface area contributed by atoms with Crippen molar-refractivity contribution in [3.63, 3.8) is 0 Å². The number of unbranched alkanes of at least 4 members (excludes halogenated alkanes) is 2. The van der Waals surface area contributed by atoms with Gasteiger partial charge in [0.15, 0.2) is 0 Å². The van der Waals surface area contributed by atoms with Gasteiger partial charge in [0.25, 0.3) is 0 Å². The van der Waals surface area contributed by atoms with Crippen LogP contribution >= 0.6 is 0 Å². The van der Waals surface area contributed by atoms with Crippen LogP contribution in [-0.4, -0.2) is 29.5 Å². The van der Waals surface area contributed by atoms with Gasteiger partial charge in [0.2, 0.25) is 0 Å². The summed E-state index contributed by atoms with van der Waals surface area (Å²) in [4.78, 5) is 7.20. The zero-order valence-corrected chi connectivity index (χ0v) is 15.5. The summed E-state index contributed by atoms with van der Waals surface area (Å²) in [6.07, 6.45) is 8.52. The Morgan fingerprint density at radius 1 is 0.800 bits per heavy atom. The van der Waals surface area contributed by atoms with E-state index in [1.807, 2.05) is 36.4 Å². The van der Waals surface area contributed by atoms with Crippen LogP contribution in [0.25, 0.3) is 21.8 Å². The zero-order chi connectivity index (χ0) is 17.3. The van der Waals surface area contributed by atoms with Gasteiger partial charge in [-0.3, -0.25) is 0 Å². The molecular weight excluding hydrogens is 304 g/mol. The highest BCUT2D eigenvalue weighted by molar-refractivity contribution is 5.92. The number of nitrogens with zero attached hydrogens (tertiary/aromatic N) is 2. The molecule has 25 heavy (non-hydrogen) atoms. The molecule has 0 radical (unpaired) electrons. The summed E-state index contributed by atoms with van der Waals surface area (Å²) in [5.41, 5.74) is 2.12. The molecule has 3 aromatic rings. The lowest BCUT2D eigenvalue weighted by Gasteiger charge is -2.26. The van der Waals surface area contributed by atoms with E-state index in [4.69, 9.17) is 0 Å². The highest BCUT2D eigenvalue weighted by atomic mass is 15.1. The molecule has 2 heteroatoms. The van der Waals surface area contributed by atoms with Crippen LogP contribution in [0.2, 0.25) is 0 Å². The molecule has 1 aliphatic rings. The summed E-state index contributed by atoms with van der Waals surface area (Å²) >= 11 is 0. The van der Waals surface area contributed by atoms with Crippen LogP contribution in [0.15, 0.2) is 54.6 Å². The first-order valence-electron chi connectivity index (χ1n) is 9.84. The van der Waals surface area contributed by atoms with Crippen LogP contribution in [0.1, 0.15) is 45.4 Å². The smallest absolute Gasteiger partial charge is 0.0709 e. The second kappa shape index (κ2) is 9.53. The van der Waals surface area contributed by atoms with E-state index < -0.39 is 0 Å². The monoisotopic (exact) mass is 334 g/mol. The van der Waals surface area contributed by atoms with Crippen LogP contribution in [0.5, 0.6) is 0 Å². The Hall–Kier alpha value is -1.93. The van der Waals surface area contributed by atoms with Crippen LogP contribution in [0.4, 0.5) is 0 Å². The molecule has 0 atom stereocenters. The van der Waals surface area contributed by atoms with E-state index in [-0.39, 0.29) is 0 Å². The number of benzene rings is 2. The average Bonchev–Trinajstić information content (AvgIpc) is 2.68. The van der Waals surface area contributed by atoms with Crippen LogP contribution in [0, 0.1) is 0 Å². The van der Waals surface area contributed by atoms with Crippen molar-refractivity contribution in [3.05, 3.63) is 54.6 Å². The van der Waals surface area contributed by atoms with Gasteiger partial charge in [-0.25, -0.2) is 4.98 Å². The lowest BCUT2D eigenvalue weighted by molar-refractivity contribution is 0.224. The second-order valence-electron chi connectivity index (χ2n) is 6.98. The minimum Gasteiger partial charge on any atom is -0.303 e. The third-order valence-electron chi connectivity index (χ3n) is 4.95. The Labute approximate surface area is 151 Å². The molecular formula is C23H30N2. The van der Waals surface area contributed by atoms with E-state index >= 15 is 0 Å². The summed E-state index contributed by atoms with van der Waals surface area (Å²) in [6, 6.07) is 18.6. The number of likely N-dealkylation sites (tertiary alicyclic amines) is 1. The van der Waals surface area contributed by atoms with E-state index in [0.29, 0.717) is 0 Å². The molecule has 2 heterocycles. The second-order valence-corrected chi connectivity index (χ2v) is 6.98. The van der Waals surface area contributed by atoms with Gasteiger partial charge in [0.05, 0.1) is 11.0 Å². The summed E-state index contributed by atoms with van der Waals surface area (Å²) in [7, 11) is 0. The lowest BCUT2D eigenvalue weighted by Crippen LogP contribution is -2.30. The molecule has 132 valence electrons. The van der Waals surface area contributed by atoms with Crippen LogP contribution in [0.3, 0.4) is 0 Å². The minimum atomic E-state index is 1.06. The van der Waals surface area contributed by atoms with Crippen molar-refractivity contribution in [1.29, 1.82) is 0 Å². The zero-order valence-electron chi connectivity index (χ0n) is 15.5. The van der Waals surface area contributed by atoms with Gasteiger partial charge in [0, 0.05) is 10.8 Å². The first-order chi connectivity index (χ1) is 12.4. The van der Waals surface area contributed by atoms with Crippen molar-refractivity contribution in [1.82, 2.24) is 9.88 Å². The van der Waals surface area contributed by atoms with Gasteiger partial charge in [0.1, 0.15) is 0 Å². The number of aromatic nitrogens is 1. The summed E-state index contributed by atoms with van der Waals surface area (Å²) < 4.78 is 0. The fourth-order valence-corrected chi connectivity index (χ4v) is 3.49. The summed E-state index contributed by atoms with van der Waals surface area (Å²) in [6.45, 7) is 6.36. The molecule has 1 saturated heterocycles. The molecule has 1 fully saturated rings. The van der Waals surface area contributed by atoms with Crippen LogP contribution < -0.4 is 0 Å². The molecule has 0 saturated carbocycles. The van der Waals surface area contributed by atoms with Gasteiger partial charge < -0.3 is 4.90 Å². The molecule has 2 aromatic carbocycles. The molecule has 1 aliphatic heterocycles. The largest absolute Gasteiger partial charge is 0.303 e. The maximum atomic E-state index is 4.58. The minimum absolute atomic E-state index is 1.06. The van der Waals surface area contributed by atoms with Gasteiger partial charge >= 0.3 is 0 Å².